The Morgan fingerprint density at radius 2 is 2.04 bits per heavy atom. The number of aromatic hydroxyl groups is 1. The highest BCUT2D eigenvalue weighted by Crippen LogP contribution is 2.25. The van der Waals surface area contributed by atoms with Crippen molar-refractivity contribution < 1.29 is 19.4 Å². The number of carbonyl (C=O) groups is 1. The molecule has 2 aromatic rings. The Hall–Kier alpha value is -3.02. The lowest BCUT2D eigenvalue weighted by molar-refractivity contribution is 0.0951. The van der Waals surface area contributed by atoms with Crippen LogP contribution in [0.25, 0.3) is 0 Å². The lowest BCUT2D eigenvalue weighted by Crippen LogP contribution is -2.18. The summed E-state index contributed by atoms with van der Waals surface area (Å²) in [6, 6.07) is 11.8. The molecular formula is C18H20N2O4. The van der Waals surface area contributed by atoms with E-state index in [1.165, 1.54) is 19.4 Å². The molecule has 0 aliphatic rings. The monoisotopic (exact) mass is 328 g/mol. The fraction of sp³-hybridized carbons (Fsp3) is 0.222. The van der Waals surface area contributed by atoms with Crippen LogP contribution in [0.2, 0.25) is 0 Å². The summed E-state index contributed by atoms with van der Waals surface area (Å²) in [7, 11) is 1.47. The average Bonchev–Trinajstić information content (AvgIpc) is 2.60. The number of amides is 1. The first kappa shape index (κ1) is 17.3. The molecule has 0 heterocycles. The second-order valence-electron chi connectivity index (χ2n) is 4.98. The molecule has 0 unspecified atom stereocenters. The van der Waals surface area contributed by atoms with Crippen LogP contribution in [0.3, 0.4) is 0 Å². The first-order chi connectivity index (χ1) is 11.7. The molecule has 2 aromatic carbocycles. The summed E-state index contributed by atoms with van der Waals surface area (Å²) in [5.41, 5.74) is 3.50. The van der Waals surface area contributed by atoms with Crippen LogP contribution in [0.1, 0.15) is 29.3 Å². The fourth-order valence-corrected chi connectivity index (χ4v) is 2.01. The number of methoxy groups -OCH3 is 1. The summed E-state index contributed by atoms with van der Waals surface area (Å²) in [5, 5.41) is 13.6. The summed E-state index contributed by atoms with van der Waals surface area (Å²) in [6.07, 6.45) is 2.29. The highest BCUT2D eigenvalue weighted by molar-refractivity contribution is 5.97. The molecule has 24 heavy (non-hydrogen) atoms. The average molecular weight is 328 g/mol. The summed E-state index contributed by atoms with van der Waals surface area (Å²) in [6.45, 7) is 2.54. The Bertz CT molecular complexity index is 729. The van der Waals surface area contributed by atoms with Crippen molar-refractivity contribution in [3.63, 3.8) is 0 Å². The van der Waals surface area contributed by atoms with Gasteiger partial charge >= 0.3 is 0 Å². The Kier molecular flexibility index (Phi) is 6.19. The summed E-state index contributed by atoms with van der Waals surface area (Å²) in [4.78, 5) is 12.2. The van der Waals surface area contributed by atoms with E-state index in [-0.39, 0.29) is 11.7 Å². The number of phenolic OH excluding ortho intramolecular Hbond substituents is 1. The Labute approximate surface area is 140 Å². The molecule has 1 amide bonds. The second-order valence-corrected chi connectivity index (χ2v) is 4.98. The number of para-hydroxylation sites is 1. The second kappa shape index (κ2) is 8.57. The Morgan fingerprint density at radius 3 is 2.75 bits per heavy atom. The number of rotatable bonds is 7. The van der Waals surface area contributed by atoms with Crippen LogP contribution in [0, 0.1) is 0 Å². The van der Waals surface area contributed by atoms with Gasteiger partial charge in [-0.15, -0.1) is 0 Å². The van der Waals surface area contributed by atoms with E-state index < -0.39 is 0 Å². The van der Waals surface area contributed by atoms with E-state index in [1.807, 2.05) is 13.0 Å². The van der Waals surface area contributed by atoms with Crippen molar-refractivity contribution in [2.75, 3.05) is 13.7 Å². The van der Waals surface area contributed by atoms with E-state index in [0.29, 0.717) is 29.2 Å². The lowest BCUT2D eigenvalue weighted by atomic mass is 10.2. The van der Waals surface area contributed by atoms with Crippen LogP contribution in [0.4, 0.5) is 0 Å². The SMILES string of the molecule is CCCOc1ccccc1C(=O)NN=Cc1ccc(OC)c(O)c1. The molecule has 0 aliphatic heterocycles. The molecule has 6 nitrogen and oxygen atoms in total. The molecule has 0 spiro atoms. The van der Waals surface area contributed by atoms with Crippen LogP contribution in [0.5, 0.6) is 17.2 Å². The standard InChI is InChI=1S/C18H20N2O4/c1-3-10-24-16-7-5-4-6-14(16)18(22)20-19-12-13-8-9-17(23-2)15(21)11-13/h4-9,11-12,21H,3,10H2,1-2H3,(H,20,22). The number of benzene rings is 2. The van der Waals surface area contributed by atoms with Crippen LogP contribution in [-0.4, -0.2) is 30.9 Å². The largest absolute Gasteiger partial charge is 0.504 e. The van der Waals surface area contributed by atoms with Crippen LogP contribution < -0.4 is 14.9 Å². The number of hydrogen-bond donors (Lipinski definition) is 2. The highest BCUT2D eigenvalue weighted by atomic mass is 16.5. The van der Waals surface area contributed by atoms with Gasteiger partial charge in [0.1, 0.15) is 5.75 Å². The normalized spacial score (nSPS) is 10.6. The van der Waals surface area contributed by atoms with Crippen LogP contribution in [0.15, 0.2) is 47.6 Å². The van der Waals surface area contributed by atoms with Crippen molar-refractivity contribution in [3.05, 3.63) is 53.6 Å². The molecule has 0 atom stereocenters. The maximum Gasteiger partial charge on any atom is 0.275 e. The van der Waals surface area contributed by atoms with Gasteiger partial charge in [0.25, 0.3) is 5.91 Å². The number of hydrogen-bond acceptors (Lipinski definition) is 5. The minimum atomic E-state index is -0.365. The minimum Gasteiger partial charge on any atom is -0.504 e. The van der Waals surface area contributed by atoms with Crippen molar-refractivity contribution in [1.29, 1.82) is 0 Å². The van der Waals surface area contributed by atoms with E-state index in [1.54, 1.807) is 30.3 Å². The van der Waals surface area contributed by atoms with Crippen molar-refractivity contribution >= 4 is 12.1 Å². The lowest BCUT2D eigenvalue weighted by Gasteiger charge is -2.09. The number of nitrogens with one attached hydrogen (secondary N) is 1. The topological polar surface area (TPSA) is 80.2 Å². The molecule has 0 aliphatic carbocycles. The number of carbonyl (C=O) groups excluding carboxylic acids is 1. The predicted molar refractivity (Wildman–Crippen MR) is 91.9 cm³/mol. The fourth-order valence-electron chi connectivity index (χ4n) is 2.01. The van der Waals surface area contributed by atoms with E-state index in [2.05, 4.69) is 10.5 Å². The van der Waals surface area contributed by atoms with Gasteiger partial charge in [-0.2, -0.15) is 5.10 Å². The maximum atomic E-state index is 12.2. The Morgan fingerprint density at radius 1 is 1.25 bits per heavy atom. The first-order valence-corrected chi connectivity index (χ1v) is 7.58. The Balaban J connectivity index is 2.04. The van der Waals surface area contributed by atoms with Gasteiger partial charge in [0.2, 0.25) is 0 Å². The van der Waals surface area contributed by atoms with Gasteiger partial charge < -0.3 is 14.6 Å². The van der Waals surface area contributed by atoms with E-state index >= 15 is 0 Å². The number of phenols is 1. The van der Waals surface area contributed by atoms with Gasteiger partial charge in [-0.05, 0) is 42.3 Å². The molecule has 6 heteroatoms. The molecule has 0 saturated heterocycles. The third-order valence-corrected chi connectivity index (χ3v) is 3.18. The summed E-state index contributed by atoms with van der Waals surface area (Å²) in [5.74, 6) is 0.536. The summed E-state index contributed by atoms with van der Waals surface area (Å²) < 4.78 is 10.5. The van der Waals surface area contributed by atoms with Gasteiger partial charge in [0.05, 0.1) is 25.5 Å². The van der Waals surface area contributed by atoms with E-state index in [0.717, 1.165) is 6.42 Å². The zero-order chi connectivity index (χ0) is 17.4. The van der Waals surface area contributed by atoms with Crippen molar-refractivity contribution in [1.82, 2.24) is 5.43 Å². The van der Waals surface area contributed by atoms with Gasteiger partial charge in [-0.3, -0.25) is 4.79 Å². The first-order valence-electron chi connectivity index (χ1n) is 7.58. The maximum absolute atomic E-state index is 12.2. The third kappa shape index (κ3) is 4.49. The van der Waals surface area contributed by atoms with E-state index in [4.69, 9.17) is 9.47 Å². The molecule has 0 fully saturated rings. The summed E-state index contributed by atoms with van der Waals surface area (Å²) >= 11 is 0. The van der Waals surface area contributed by atoms with Crippen molar-refractivity contribution in [2.24, 2.45) is 5.10 Å². The molecular weight excluding hydrogens is 308 g/mol. The van der Waals surface area contributed by atoms with Gasteiger partial charge in [0.15, 0.2) is 11.5 Å². The molecule has 2 rings (SSSR count). The van der Waals surface area contributed by atoms with Gasteiger partial charge in [-0.25, -0.2) is 5.43 Å². The molecule has 0 saturated carbocycles. The molecule has 0 bridgehead atoms. The molecule has 0 radical (unpaired) electrons. The van der Waals surface area contributed by atoms with Crippen LogP contribution in [-0.2, 0) is 0 Å². The minimum absolute atomic E-state index is 0.00564. The third-order valence-electron chi connectivity index (χ3n) is 3.18. The molecule has 126 valence electrons. The zero-order valence-corrected chi connectivity index (χ0v) is 13.7. The smallest absolute Gasteiger partial charge is 0.275 e. The van der Waals surface area contributed by atoms with Gasteiger partial charge in [-0.1, -0.05) is 19.1 Å². The molecule has 0 aromatic heterocycles. The quantitative estimate of drug-likeness (QED) is 0.605. The predicted octanol–water partition coefficient (Wildman–Crippen LogP) is 2.95. The van der Waals surface area contributed by atoms with Crippen molar-refractivity contribution in [2.45, 2.75) is 13.3 Å². The number of nitrogens with zero attached hydrogens (tertiary/aromatic N) is 1. The molecule has 2 N–H and O–H groups in total. The zero-order valence-electron chi connectivity index (χ0n) is 13.7. The van der Waals surface area contributed by atoms with Crippen molar-refractivity contribution in [3.8, 4) is 17.2 Å². The van der Waals surface area contributed by atoms with Gasteiger partial charge in [0, 0.05) is 0 Å². The highest BCUT2D eigenvalue weighted by Gasteiger charge is 2.11. The van der Waals surface area contributed by atoms with E-state index in [9.17, 15) is 9.90 Å². The van der Waals surface area contributed by atoms with Crippen LogP contribution >= 0.6 is 0 Å². The number of hydrazone groups is 1. The number of ether oxygens (including phenoxy) is 2.